The van der Waals surface area contributed by atoms with Gasteiger partial charge in [0.15, 0.2) is 0 Å². The van der Waals surface area contributed by atoms with Crippen LogP contribution in [0.2, 0.25) is 0 Å². The van der Waals surface area contributed by atoms with Crippen LogP contribution in [0.15, 0.2) is 77.5 Å². The Hall–Kier alpha value is -2.62. The molecule has 0 unspecified atom stereocenters. The highest BCUT2D eigenvalue weighted by Gasteiger charge is 2.16. The molecule has 4 heteroatoms. The summed E-state index contributed by atoms with van der Waals surface area (Å²) in [7, 11) is 0. The van der Waals surface area contributed by atoms with Gasteiger partial charge in [-0.05, 0) is 39.0 Å². The molecule has 1 heterocycles. The molecule has 23 heavy (non-hydrogen) atoms. The molecule has 0 aromatic heterocycles. The number of rotatable bonds is 1. The fourth-order valence-corrected chi connectivity index (χ4v) is 1.51. The Morgan fingerprint density at radius 3 is 2.48 bits per heavy atom. The summed E-state index contributed by atoms with van der Waals surface area (Å²) in [5.74, 6) is 0. The smallest absolute Gasteiger partial charge is 0.412 e. The van der Waals surface area contributed by atoms with Crippen molar-refractivity contribution in [3.05, 3.63) is 72.5 Å². The predicted molar refractivity (Wildman–Crippen MR) is 96.5 cm³/mol. The summed E-state index contributed by atoms with van der Waals surface area (Å²) in [5.41, 5.74) is 0.0967. The van der Waals surface area contributed by atoms with Crippen LogP contribution in [-0.2, 0) is 4.74 Å². The zero-order chi connectivity index (χ0) is 17.0. The molecule has 4 nitrogen and oxygen atoms in total. The lowest BCUT2D eigenvalue weighted by molar-refractivity contribution is 0.0548. The van der Waals surface area contributed by atoms with Crippen molar-refractivity contribution in [2.24, 2.45) is 4.99 Å². The molecule has 0 aromatic rings. The van der Waals surface area contributed by atoms with Crippen molar-refractivity contribution < 1.29 is 9.53 Å². The second kappa shape index (κ2) is 10.2. The second-order valence-electron chi connectivity index (χ2n) is 5.71. The molecule has 0 radical (unpaired) electrons. The van der Waals surface area contributed by atoms with Gasteiger partial charge < -0.3 is 4.74 Å². The maximum Gasteiger partial charge on any atom is 0.412 e. The third-order valence-corrected chi connectivity index (χ3v) is 2.40. The third-order valence-electron chi connectivity index (χ3n) is 2.40. The van der Waals surface area contributed by atoms with E-state index < -0.39 is 11.7 Å². The number of aliphatic imine (C=N–C) groups is 1. The molecular weight excluding hydrogens is 288 g/mol. The number of nitrogens with zero attached hydrogens (tertiary/aromatic N) is 1. The van der Waals surface area contributed by atoms with Gasteiger partial charge in [0.1, 0.15) is 5.60 Å². The van der Waals surface area contributed by atoms with Crippen molar-refractivity contribution >= 4 is 12.3 Å². The van der Waals surface area contributed by atoms with Crippen molar-refractivity contribution in [1.82, 2.24) is 5.32 Å². The number of amides is 1. The highest BCUT2D eigenvalue weighted by Crippen LogP contribution is 2.07. The Morgan fingerprint density at radius 1 is 1.04 bits per heavy atom. The fraction of sp³-hybridized carbons (Fsp3) is 0.263. The van der Waals surface area contributed by atoms with E-state index in [2.05, 4.69) is 10.3 Å². The minimum Gasteiger partial charge on any atom is -0.444 e. The zero-order valence-corrected chi connectivity index (χ0v) is 13.9. The maximum absolute atomic E-state index is 11.9. The zero-order valence-electron chi connectivity index (χ0n) is 13.9. The molecule has 0 aliphatic carbocycles. The Kier molecular flexibility index (Phi) is 8.14. The number of nitrogens with one attached hydrogen (secondary N) is 1. The molecular formula is C19H24N2O2. The molecule has 0 bridgehead atoms. The average molecular weight is 312 g/mol. The van der Waals surface area contributed by atoms with E-state index in [4.69, 9.17) is 4.74 Å². The fourth-order valence-electron chi connectivity index (χ4n) is 1.51. The number of hydrogen-bond acceptors (Lipinski definition) is 3. The standard InChI is InChI=1S/C19H24N2O2/c1-19(2,3)23-18(22)21-17-13-9-7-5-4-6-8-11-15-20-16-12-10-14-17/h4-14,16H,15H2,1-3H3,(H,21,22)/b6-4-,7-5+,11-8-,12-10-,13-9-,17-14+,20-16?. The quantitative estimate of drug-likeness (QED) is 0.786. The molecule has 122 valence electrons. The Labute approximate surface area is 138 Å². The summed E-state index contributed by atoms with van der Waals surface area (Å²) in [5, 5.41) is 2.72. The lowest BCUT2D eigenvalue weighted by Crippen LogP contribution is -2.31. The topological polar surface area (TPSA) is 50.7 Å². The van der Waals surface area contributed by atoms with Crippen LogP contribution in [0.3, 0.4) is 0 Å². The molecule has 1 N–H and O–H groups in total. The minimum absolute atomic E-state index is 0.485. The average Bonchev–Trinajstić information content (AvgIpc) is 2.45. The van der Waals surface area contributed by atoms with Gasteiger partial charge in [0.25, 0.3) is 0 Å². The molecule has 0 aromatic carbocycles. The van der Waals surface area contributed by atoms with Gasteiger partial charge in [-0.1, -0.05) is 48.6 Å². The Balaban J connectivity index is 2.83. The van der Waals surface area contributed by atoms with Crippen molar-refractivity contribution in [2.75, 3.05) is 6.54 Å². The molecule has 0 saturated carbocycles. The normalized spacial score (nSPS) is 24.9. The summed E-state index contributed by atoms with van der Waals surface area (Å²) in [6, 6.07) is 0. The maximum atomic E-state index is 11.9. The van der Waals surface area contributed by atoms with Gasteiger partial charge in [0, 0.05) is 11.9 Å². The SMILES string of the molecule is CC(C)(C)OC(=O)NC1=C/C=C\C=NC/C=C\C=C/C=C/C=C\1. The largest absolute Gasteiger partial charge is 0.444 e. The first kappa shape index (κ1) is 18.4. The van der Waals surface area contributed by atoms with Gasteiger partial charge in [-0.2, -0.15) is 0 Å². The highest BCUT2D eigenvalue weighted by atomic mass is 16.6. The van der Waals surface area contributed by atoms with Crippen LogP contribution in [0, 0.1) is 0 Å². The summed E-state index contributed by atoms with van der Waals surface area (Å²) in [4.78, 5) is 16.1. The number of hydrogen-bond donors (Lipinski definition) is 1. The summed E-state index contributed by atoms with van der Waals surface area (Å²) in [6.07, 6.45) is 21.8. The first-order valence-electron chi connectivity index (χ1n) is 7.51. The number of carbonyl (C=O) groups excluding carboxylic acids is 1. The monoisotopic (exact) mass is 312 g/mol. The second-order valence-corrected chi connectivity index (χ2v) is 5.71. The van der Waals surface area contributed by atoms with E-state index in [1.807, 2.05) is 75.5 Å². The predicted octanol–water partition coefficient (Wildman–Crippen LogP) is 4.26. The summed E-state index contributed by atoms with van der Waals surface area (Å²) < 4.78 is 5.25. The van der Waals surface area contributed by atoms with Crippen LogP contribution < -0.4 is 5.32 Å². The number of carbonyl (C=O) groups is 1. The summed E-state index contributed by atoms with van der Waals surface area (Å²) in [6.45, 7) is 6.11. The first-order chi connectivity index (χ1) is 11.0. The molecule has 0 fully saturated rings. The van der Waals surface area contributed by atoms with Gasteiger partial charge in [-0.3, -0.25) is 10.3 Å². The minimum atomic E-state index is -0.533. The van der Waals surface area contributed by atoms with Gasteiger partial charge in [0.2, 0.25) is 0 Å². The molecule has 0 saturated heterocycles. The van der Waals surface area contributed by atoms with Crippen molar-refractivity contribution in [2.45, 2.75) is 26.4 Å². The van der Waals surface area contributed by atoms with Crippen LogP contribution >= 0.6 is 0 Å². The van der Waals surface area contributed by atoms with E-state index in [9.17, 15) is 4.79 Å². The van der Waals surface area contributed by atoms with E-state index in [0.717, 1.165) is 0 Å². The number of allylic oxidation sites excluding steroid dienone is 10. The van der Waals surface area contributed by atoms with E-state index in [1.165, 1.54) is 0 Å². The van der Waals surface area contributed by atoms with Crippen LogP contribution in [0.5, 0.6) is 0 Å². The van der Waals surface area contributed by atoms with Crippen LogP contribution in [0.25, 0.3) is 0 Å². The highest BCUT2D eigenvalue weighted by molar-refractivity contribution is 5.73. The first-order valence-corrected chi connectivity index (χ1v) is 7.51. The molecule has 1 amide bonds. The number of ether oxygens (including phenoxy) is 1. The Morgan fingerprint density at radius 2 is 1.74 bits per heavy atom. The van der Waals surface area contributed by atoms with Crippen molar-refractivity contribution in [1.29, 1.82) is 0 Å². The van der Waals surface area contributed by atoms with E-state index in [-0.39, 0.29) is 0 Å². The van der Waals surface area contributed by atoms with Crippen LogP contribution in [0.1, 0.15) is 20.8 Å². The van der Waals surface area contributed by atoms with Crippen molar-refractivity contribution in [3.8, 4) is 0 Å². The molecule has 0 atom stereocenters. The summed E-state index contributed by atoms with van der Waals surface area (Å²) >= 11 is 0. The van der Waals surface area contributed by atoms with E-state index >= 15 is 0 Å². The lowest BCUT2D eigenvalue weighted by Gasteiger charge is -2.19. The molecule has 1 rings (SSSR count). The van der Waals surface area contributed by atoms with E-state index in [0.29, 0.717) is 12.2 Å². The molecule has 0 spiro atoms. The third kappa shape index (κ3) is 10.7. The van der Waals surface area contributed by atoms with Gasteiger partial charge in [0.05, 0.1) is 6.54 Å². The molecule has 1 aliphatic rings. The van der Waals surface area contributed by atoms with Crippen molar-refractivity contribution in [3.63, 3.8) is 0 Å². The van der Waals surface area contributed by atoms with Crippen LogP contribution in [0.4, 0.5) is 4.79 Å². The van der Waals surface area contributed by atoms with E-state index in [1.54, 1.807) is 18.4 Å². The number of alkyl carbamates (subject to hydrolysis) is 1. The van der Waals surface area contributed by atoms with Gasteiger partial charge in [-0.15, -0.1) is 0 Å². The van der Waals surface area contributed by atoms with Gasteiger partial charge >= 0.3 is 6.09 Å². The molecule has 1 aliphatic heterocycles. The van der Waals surface area contributed by atoms with Crippen LogP contribution in [-0.4, -0.2) is 24.5 Å². The van der Waals surface area contributed by atoms with Gasteiger partial charge in [-0.25, -0.2) is 4.79 Å². The lowest BCUT2D eigenvalue weighted by atomic mass is 10.2. The Bertz CT molecular complexity index is 583.